The van der Waals surface area contributed by atoms with E-state index in [9.17, 15) is 4.79 Å². The molecule has 2 aromatic rings. The molecule has 0 saturated heterocycles. The predicted molar refractivity (Wildman–Crippen MR) is 82.2 cm³/mol. The minimum atomic E-state index is -0.347. The summed E-state index contributed by atoms with van der Waals surface area (Å²) in [5, 5.41) is 3.74. The lowest BCUT2D eigenvalue weighted by Crippen LogP contribution is -2.35. The van der Waals surface area contributed by atoms with Gasteiger partial charge in [-0.25, -0.2) is 4.98 Å². The smallest absolute Gasteiger partial charge is 0.230 e. The summed E-state index contributed by atoms with van der Waals surface area (Å²) in [4.78, 5) is 16.4. The van der Waals surface area contributed by atoms with Crippen LogP contribution in [0.1, 0.15) is 24.8 Å². The lowest BCUT2D eigenvalue weighted by Gasteiger charge is -2.16. The molecule has 110 valence electrons. The molecular formula is C16H18ClN3O. The number of rotatable bonds is 6. The van der Waals surface area contributed by atoms with Crippen molar-refractivity contribution in [1.29, 1.82) is 0 Å². The zero-order chi connectivity index (χ0) is 14.7. The van der Waals surface area contributed by atoms with E-state index >= 15 is 0 Å². The van der Waals surface area contributed by atoms with Crippen LogP contribution in [0, 0.1) is 0 Å². The molecule has 0 unspecified atom stereocenters. The molecule has 0 aliphatic heterocycles. The van der Waals surface area contributed by atoms with Gasteiger partial charge in [-0.3, -0.25) is 4.79 Å². The number of hydrogen-bond acceptors (Lipinski definition) is 2. The highest BCUT2D eigenvalue weighted by molar-refractivity contribution is 6.30. The monoisotopic (exact) mass is 303 g/mol. The topological polar surface area (TPSA) is 46.9 Å². The Morgan fingerprint density at radius 2 is 2.29 bits per heavy atom. The lowest BCUT2D eigenvalue weighted by molar-refractivity contribution is -0.123. The standard InChI is InChI=1S/C16H18ClN3O/c17-14-4-1-3-13(11-14)16(5-6-16)15(21)19-7-2-9-20-10-8-18-12-20/h1,3-4,8,10-12H,2,5-7,9H2,(H,19,21). The summed E-state index contributed by atoms with van der Waals surface area (Å²) in [5.74, 6) is 0.121. The molecule has 0 atom stereocenters. The van der Waals surface area contributed by atoms with Crippen LogP contribution in [0.2, 0.25) is 5.02 Å². The van der Waals surface area contributed by atoms with Gasteiger partial charge in [-0.15, -0.1) is 0 Å². The highest BCUT2D eigenvalue weighted by atomic mass is 35.5. The third-order valence-electron chi connectivity index (χ3n) is 4.00. The second-order valence-corrected chi connectivity index (χ2v) is 5.94. The average Bonchev–Trinajstić information content (AvgIpc) is 3.14. The van der Waals surface area contributed by atoms with Crippen LogP contribution in [0.4, 0.5) is 0 Å². The van der Waals surface area contributed by atoms with Crippen LogP contribution in [0.25, 0.3) is 0 Å². The molecule has 5 heteroatoms. The van der Waals surface area contributed by atoms with Gasteiger partial charge in [-0.2, -0.15) is 0 Å². The number of aryl methyl sites for hydroxylation is 1. The SMILES string of the molecule is O=C(NCCCn1ccnc1)C1(c2cccc(Cl)c2)CC1. The average molecular weight is 304 g/mol. The summed E-state index contributed by atoms with van der Waals surface area (Å²) < 4.78 is 2.01. The Morgan fingerprint density at radius 3 is 2.95 bits per heavy atom. The summed E-state index contributed by atoms with van der Waals surface area (Å²) >= 11 is 6.03. The van der Waals surface area contributed by atoms with E-state index in [0.29, 0.717) is 11.6 Å². The van der Waals surface area contributed by atoms with Crippen LogP contribution in [0.3, 0.4) is 0 Å². The molecule has 1 N–H and O–H groups in total. The van der Waals surface area contributed by atoms with E-state index < -0.39 is 0 Å². The molecule has 1 heterocycles. The van der Waals surface area contributed by atoms with Crippen molar-refractivity contribution in [2.45, 2.75) is 31.2 Å². The fourth-order valence-corrected chi connectivity index (χ4v) is 2.80. The summed E-state index contributed by atoms with van der Waals surface area (Å²) in [6.45, 7) is 1.55. The zero-order valence-electron chi connectivity index (χ0n) is 11.8. The Hall–Kier alpha value is -1.81. The predicted octanol–water partition coefficient (Wildman–Crippen LogP) is 2.77. The minimum Gasteiger partial charge on any atom is -0.355 e. The number of halogens is 1. The molecule has 3 rings (SSSR count). The Kier molecular flexibility index (Phi) is 3.97. The van der Waals surface area contributed by atoms with Gasteiger partial charge in [0.05, 0.1) is 11.7 Å². The van der Waals surface area contributed by atoms with Crippen molar-refractivity contribution in [1.82, 2.24) is 14.9 Å². The second-order valence-electron chi connectivity index (χ2n) is 5.50. The maximum Gasteiger partial charge on any atom is 0.230 e. The van der Waals surface area contributed by atoms with Gasteiger partial charge < -0.3 is 9.88 Å². The maximum absolute atomic E-state index is 12.4. The summed E-state index contributed by atoms with van der Waals surface area (Å²) in [6.07, 6.45) is 8.18. The Bertz CT molecular complexity index is 620. The van der Waals surface area contributed by atoms with E-state index in [4.69, 9.17) is 11.6 Å². The van der Waals surface area contributed by atoms with Gasteiger partial charge in [0.1, 0.15) is 0 Å². The molecule has 1 aromatic carbocycles. The number of benzene rings is 1. The van der Waals surface area contributed by atoms with Gasteiger partial charge in [0.25, 0.3) is 0 Å². The van der Waals surface area contributed by atoms with Crippen molar-refractivity contribution >= 4 is 17.5 Å². The second kappa shape index (κ2) is 5.90. The van der Waals surface area contributed by atoms with Crippen molar-refractivity contribution in [3.8, 4) is 0 Å². The van der Waals surface area contributed by atoms with Crippen LogP contribution in [0.15, 0.2) is 43.0 Å². The largest absolute Gasteiger partial charge is 0.355 e. The molecule has 1 saturated carbocycles. The van der Waals surface area contributed by atoms with E-state index in [2.05, 4.69) is 10.3 Å². The fourth-order valence-electron chi connectivity index (χ4n) is 2.61. The van der Waals surface area contributed by atoms with E-state index in [1.54, 1.807) is 12.5 Å². The highest BCUT2D eigenvalue weighted by Crippen LogP contribution is 2.48. The van der Waals surface area contributed by atoms with Gasteiger partial charge in [0.15, 0.2) is 0 Å². The van der Waals surface area contributed by atoms with Crippen LogP contribution < -0.4 is 5.32 Å². The van der Waals surface area contributed by atoms with Crippen LogP contribution in [-0.4, -0.2) is 22.0 Å². The molecule has 0 bridgehead atoms. The molecule has 21 heavy (non-hydrogen) atoms. The number of nitrogens with zero attached hydrogens (tertiary/aromatic N) is 2. The van der Waals surface area contributed by atoms with Gasteiger partial charge >= 0.3 is 0 Å². The van der Waals surface area contributed by atoms with Crippen molar-refractivity contribution in [3.63, 3.8) is 0 Å². The number of carbonyl (C=O) groups excluding carboxylic acids is 1. The number of nitrogens with one attached hydrogen (secondary N) is 1. The Morgan fingerprint density at radius 1 is 1.43 bits per heavy atom. The first-order valence-corrected chi connectivity index (χ1v) is 7.59. The van der Waals surface area contributed by atoms with E-state index in [0.717, 1.165) is 31.4 Å². The first-order valence-electron chi connectivity index (χ1n) is 7.21. The maximum atomic E-state index is 12.4. The van der Waals surface area contributed by atoms with Crippen molar-refractivity contribution in [2.75, 3.05) is 6.54 Å². The van der Waals surface area contributed by atoms with Gasteiger partial charge in [-0.05, 0) is 37.0 Å². The molecule has 1 aromatic heterocycles. The number of amides is 1. The van der Waals surface area contributed by atoms with E-state index in [-0.39, 0.29) is 11.3 Å². The molecule has 1 fully saturated rings. The van der Waals surface area contributed by atoms with Crippen molar-refractivity contribution in [3.05, 3.63) is 53.6 Å². The van der Waals surface area contributed by atoms with E-state index in [1.807, 2.05) is 35.0 Å². The highest BCUT2D eigenvalue weighted by Gasteiger charge is 2.51. The summed E-state index contributed by atoms with van der Waals surface area (Å²) in [5.41, 5.74) is 0.682. The van der Waals surface area contributed by atoms with Crippen molar-refractivity contribution < 1.29 is 4.79 Å². The molecule has 1 aliphatic rings. The van der Waals surface area contributed by atoms with E-state index in [1.165, 1.54) is 0 Å². The Balaban J connectivity index is 1.53. The quantitative estimate of drug-likeness (QED) is 0.834. The first kappa shape index (κ1) is 14.1. The molecule has 0 radical (unpaired) electrons. The minimum absolute atomic E-state index is 0.121. The molecular weight excluding hydrogens is 286 g/mol. The number of carbonyl (C=O) groups is 1. The molecule has 1 aliphatic carbocycles. The number of imidazole rings is 1. The van der Waals surface area contributed by atoms with Gasteiger partial charge in [0, 0.05) is 30.5 Å². The third kappa shape index (κ3) is 3.10. The molecule has 4 nitrogen and oxygen atoms in total. The Labute approximate surface area is 129 Å². The lowest BCUT2D eigenvalue weighted by atomic mass is 9.95. The first-order chi connectivity index (χ1) is 10.2. The molecule has 0 spiro atoms. The summed E-state index contributed by atoms with van der Waals surface area (Å²) in [7, 11) is 0. The van der Waals surface area contributed by atoms with Gasteiger partial charge in [0.2, 0.25) is 5.91 Å². The third-order valence-corrected chi connectivity index (χ3v) is 4.23. The van der Waals surface area contributed by atoms with Crippen molar-refractivity contribution in [2.24, 2.45) is 0 Å². The van der Waals surface area contributed by atoms with Crippen LogP contribution >= 0.6 is 11.6 Å². The number of aromatic nitrogens is 2. The number of hydrogen-bond donors (Lipinski definition) is 1. The van der Waals surface area contributed by atoms with Gasteiger partial charge in [-0.1, -0.05) is 23.7 Å². The normalized spacial score (nSPS) is 15.7. The summed E-state index contributed by atoms with van der Waals surface area (Å²) in [6, 6.07) is 7.64. The van der Waals surface area contributed by atoms with Crippen LogP contribution in [-0.2, 0) is 16.8 Å². The fraction of sp³-hybridized carbons (Fsp3) is 0.375. The molecule has 1 amide bonds. The zero-order valence-corrected chi connectivity index (χ0v) is 12.5. The van der Waals surface area contributed by atoms with Crippen LogP contribution in [0.5, 0.6) is 0 Å².